The first-order valence-corrected chi connectivity index (χ1v) is 25.7. The number of carbonyl (C=O) groups is 7. The second kappa shape index (κ2) is 33.6. The average molecular weight is 914 g/mol. The molecule has 0 aromatic heterocycles. The van der Waals surface area contributed by atoms with E-state index < -0.39 is 30.1 Å². The summed E-state index contributed by atoms with van der Waals surface area (Å²) in [5.41, 5.74) is 0.961. The summed E-state index contributed by atoms with van der Waals surface area (Å²) in [6.45, 7) is 17.0. The average Bonchev–Trinajstić information content (AvgIpc) is 3.98. The van der Waals surface area contributed by atoms with Gasteiger partial charge in [0.1, 0.15) is 30.2 Å². The van der Waals surface area contributed by atoms with Gasteiger partial charge in [0, 0.05) is 57.6 Å². The van der Waals surface area contributed by atoms with E-state index >= 15 is 0 Å². The molecule has 14 heteroatoms. The number of aldehydes is 1. The standard InChI is InChI=1S/C51H91N7O7/c1-8-38(3)35-39(4)23-15-12-10-11-13-17-27-44(61)36-42(48(62)56-45(9-2)50(64)57-33-21-26-43(57)37-59)25-19-32-54-49(63)47-29-22-34-58(47)51(65)46(55-41(6)60)28-20-31-53-40(5)24-16-14-18-30-52-7/h37-39,42-43,45-47,52-53H,5,8-36H2,1-4,6-7H3,(H,54,63)(H,55,60)(H,56,62). The van der Waals surface area contributed by atoms with E-state index in [1.165, 1.54) is 39.0 Å². The van der Waals surface area contributed by atoms with Crippen LogP contribution in [0.1, 0.15) is 189 Å². The lowest BCUT2D eigenvalue weighted by molar-refractivity contribution is -0.141. The van der Waals surface area contributed by atoms with E-state index in [2.05, 4.69) is 53.9 Å². The van der Waals surface area contributed by atoms with Crippen molar-refractivity contribution in [1.82, 2.24) is 36.4 Å². The maximum atomic E-state index is 13.8. The molecule has 7 atom stereocenters. The fourth-order valence-electron chi connectivity index (χ4n) is 9.39. The molecule has 2 rings (SSSR count). The fraction of sp³-hybridized carbons (Fsp3) is 0.824. The van der Waals surface area contributed by atoms with E-state index in [1.54, 1.807) is 9.80 Å². The highest BCUT2D eigenvalue weighted by atomic mass is 16.2. The normalized spacial score (nSPS) is 18.3. The van der Waals surface area contributed by atoms with Crippen molar-refractivity contribution in [3.05, 3.63) is 12.3 Å². The molecular weight excluding hydrogens is 823 g/mol. The number of nitrogens with zero attached hydrogens (tertiary/aromatic N) is 2. The zero-order valence-electron chi connectivity index (χ0n) is 41.6. The van der Waals surface area contributed by atoms with Crippen molar-refractivity contribution in [1.29, 1.82) is 0 Å². The molecule has 5 amide bonds. The molecule has 0 aliphatic carbocycles. The van der Waals surface area contributed by atoms with Crippen molar-refractivity contribution in [2.75, 3.05) is 39.8 Å². The Labute approximate surface area is 393 Å². The molecule has 0 aromatic rings. The molecule has 65 heavy (non-hydrogen) atoms. The fourth-order valence-corrected chi connectivity index (χ4v) is 9.39. The lowest BCUT2D eigenvalue weighted by Crippen LogP contribution is -2.53. The number of hydrogen-bond donors (Lipinski definition) is 5. The monoisotopic (exact) mass is 914 g/mol. The van der Waals surface area contributed by atoms with E-state index in [0.29, 0.717) is 77.4 Å². The summed E-state index contributed by atoms with van der Waals surface area (Å²) in [7, 11) is 1.95. The molecule has 2 heterocycles. The van der Waals surface area contributed by atoms with E-state index in [9.17, 15) is 33.6 Å². The van der Waals surface area contributed by atoms with Gasteiger partial charge in [-0.25, -0.2) is 0 Å². The maximum Gasteiger partial charge on any atom is 0.245 e. The topological polar surface area (TPSA) is 186 Å². The highest BCUT2D eigenvalue weighted by molar-refractivity contribution is 5.93. The molecule has 0 spiro atoms. The second-order valence-corrected chi connectivity index (χ2v) is 19.3. The Kier molecular flexibility index (Phi) is 29.7. The minimum absolute atomic E-state index is 0.0123. The van der Waals surface area contributed by atoms with Crippen molar-refractivity contribution >= 4 is 41.6 Å². The molecule has 0 radical (unpaired) electrons. The van der Waals surface area contributed by atoms with Crippen LogP contribution >= 0.6 is 0 Å². The molecule has 5 N–H and O–H groups in total. The molecule has 2 aliphatic rings. The third-order valence-electron chi connectivity index (χ3n) is 13.5. The second-order valence-electron chi connectivity index (χ2n) is 19.3. The van der Waals surface area contributed by atoms with E-state index in [4.69, 9.17) is 0 Å². The van der Waals surface area contributed by atoms with Gasteiger partial charge in [-0.15, -0.1) is 0 Å². The van der Waals surface area contributed by atoms with Gasteiger partial charge in [0.25, 0.3) is 0 Å². The SMILES string of the molecule is C=C(CCCCCNC)NCCCC(NC(C)=O)C(=O)N1CCCC1C(=O)NCCCC(CC(=O)CCCCCCCCC(C)CC(C)CC)C(=O)NC(CC)C(=O)N1CCCC1C=O. The van der Waals surface area contributed by atoms with Crippen molar-refractivity contribution in [3.63, 3.8) is 0 Å². The molecule has 372 valence electrons. The Morgan fingerprint density at radius 3 is 2.00 bits per heavy atom. The summed E-state index contributed by atoms with van der Waals surface area (Å²) in [5, 5.41) is 15.2. The van der Waals surface area contributed by atoms with E-state index in [1.807, 2.05) is 14.0 Å². The molecular formula is C51H91N7O7. The van der Waals surface area contributed by atoms with Crippen LogP contribution in [0.4, 0.5) is 0 Å². The number of amides is 5. The third-order valence-corrected chi connectivity index (χ3v) is 13.5. The zero-order chi connectivity index (χ0) is 48.0. The van der Waals surface area contributed by atoms with Crippen molar-refractivity contribution in [2.45, 2.75) is 213 Å². The number of hydrogen-bond acceptors (Lipinski definition) is 9. The number of nitrogens with one attached hydrogen (secondary N) is 5. The van der Waals surface area contributed by atoms with Gasteiger partial charge in [-0.1, -0.05) is 85.6 Å². The summed E-state index contributed by atoms with van der Waals surface area (Å²) in [6.07, 6.45) is 20.3. The van der Waals surface area contributed by atoms with Gasteiger partial charge in [0.15, 0.2) is 0 Å². The van der Waals surface area contributed by atoms with Gasteiger partial charge in [-0.2, -0.15) is 0 Å². The molecule has 2 saturated heterocycles. The van der Waals surface area contributed by atoms with Gasteiger partial charge in [0.05, 0.1) is 6.04 Å². The molecule has 7 unspecified atom stereocenters. The quantitative estimate of drug-likeness (QED) is 0.0327. The Hall–Kier alpha value is -3.81. The zero-order valence-corrected chi connectivity index (χ0v) is 41.6. The minimum Gasteiger partial charge on any atom is -0.389 e. The van der Waals surface area contributed by atoms with Crippen LogP contribution in [0.5, 0.6) is 0 Å². The Morgan fingerprint density at radius 1 is 0.677 bits per heavy atom. The van der Waals surface area contributed by atoms with Crippen LogP contribution in [0.15, 0.2) is 12.3 Å². The predicted molar refractivity (Wildman–Crippen MR) is 260 cm³/mol. The van der Waals surface area contributed by atoms with Crippen LogP contribution in [0.2, 0.25) is 0 Å². The highest BCUT2D eigenvalue weighted by Gasteiger charge is 2.38. The molecule has 0 bridgehead atoms. The van der Waals surface area contributed by atoms with Gasteiger partial charge in [-0.05, 0) is 115 Å². The van der Waals surface area contributed by atoms with Crippen LogP contribution in [0, 0.1) is 17.8 Å². The van der Waals surface area contributed by atoms with Gasteiger partial charge in [-0.3, -0.25) is 28.8 Å². The van der Waals surface area contributed by atoms with Gasteiger partial charge in [0.2, 0.25) is 29.5 Å². The smallest absolute Gasteiger partial charge is 0.245 e. The molecule has 2 aliphatic heterocycles. The Bertz CT molecular complexity index is 1460. The van der Waals surface area contributed by atoms with Crippen LogP contribution in [-0.4, -0.2) is 115 Å². The van der Waals surface area contributed by atoms with Gasteiger partial charge >= 0.3 is 0 Å². The summed E-state index contributed by atoms with van der Waals surface area (Å²) in [5.74, 6) is -0.641. The predicted octanol–water partition coefficient (Wildman–Crippen LogP) is 6.90. The summed E-state index contributed by atoms with van der Waals surface area (Å²) in [4.78, 5) is 94.9. The number of allylic oxidation sites excluding steroid dienone is 1. The molecule has 14 nitrogen and oxygen atoms in total. The summed E-state index contributed by atoms with van der Waals surface area (Å²) >= 11 is 0. The lowest BCUT2D eigenvalue weighted by Gasteiger charge is -2.29. The maximum absolute atomic E-state index is 13.8. The van der Waals surface area contributed by atoms with Crippen molar-refractivity contribution < 1.29 is 33.6 Å². The lowest BCUT2D eigenvalue weighted by atomic mass is 9.91. The third kappa shape index (κ3) is 23.0. The van der Waals surface area contributed by atoms with Crippen molar-refractivity contribution in [2.24, 2.45) is 17.8 Å². The summed E-state index contributed by atoms with van der Waals surface area (Å²) in [6, 6.07) is -2.71. The van der Waals surface area contributed by atoms with E-state index in [-0.39, 0.29) is 48.3 Å². The number of unbranched alkanes of at least 4 members (excludes halogenated alkanes) is 7. The van der Waals surface area contributed by atoms with Crippen LogP contribution < -0.4 is 26.6 Å². The number of Topliss-reactive ketones (excluding diaryl/α,β-unsaturated/α-hetero) is 1. The molecule has 0 saturated carbocycles. The first-order valence-electron chi connectivity index (χ1n) is 25.7. The van der Waals surface area contributed by atoms with Crippen LogP contribution in [0.3, 0.4) is 0 Å². The Morgan fingerprint density at radius 2 is 1.31 bits per heavy atom. The van der Waals surface area contributed by atoms with Gasteiger partial charge < -0.3 is 41.2 Å². The first-order chi connectivity index (χ1) is 31.3. The molecule has 2 fully saturated rings. The van der Waals surface area contributed by atoms with Crippen molar-refractivity contribution in [3.8, 4) is 0 Å². The summed E-state index contributed by atoms with van der Waals surface area (Å²) < 4.78 is 0. The Balaban J connectivity index is 1.94. The minimum atomic E-state index is -0.801. The van der Waals surface area contributed by atoms with Crippen LogP contribution in [0.25, 0.3) is 0 Å². The number of rotatable bonds is 37. The number of likely N-dealkylation sites (tertiary alicyclic amines) is 2. The first kappa shape index (κ1) is 57.3. The largest absolute Gasteiger partial charge is 0.389 e. The number of carbonyl (C=O) groups excluding carboxylic acids is 7. The number of ketones is 1. The highest BCUT2D eigenvalue weighted by Crippen LogP contribution is 2.23. The van der Waals surface area contributed by atoms with E-state index in [0.717, 1.165) is 88.2 Å². The molecule has 0 aromatic carbocycles. The van der Waals surface area contributed by atoms with Crippen LogP contribution in [-0.2, 0) is 33.6 Å².